The lowest BCUT2D eigenvalue weighted by molar-refractivity contribution is -0.126. The lowest BCUT2D eigenvalue weighted by atomic mass is 9.70. The molecule has 0 spiro atoms. The first-order valence-electron chi connectivity index (χ1n) is 26.4. The maximum atomic E-state index is 12.7. The number of aliphatic hydroxyl groups is 1. The van der Waals surface area contributed by atoms with Gasteiger partial charge in [0.2, 0.25) is 11.8 Å². The highest BCUT2D eigenvalue weighted by molar-refractivity contribution is 14.1. The summed E-state index contributed by atoms with van der Waals surface area (Å²) in [5, 5.41) is 38.8. The molecule has 6 rings (SSSR count). The lowest BCUT2D eigenvalue weighted by Crippen LogP contribution is -2.37. The predicted octanol–water partition coefficient (Wildman–Crippen LogP) is 14.6. The zero-order chi connectivity index (χ0) is 51.1. The Morgan fingerprint density at radius 3 is 1.38 bits per heavy atom. The summed E-state index contributed by atoms with van der Waals surface area (Å²) in [6, 6.07) is 22.3. The van der Waals surface area contributed by atoms with Crippen LogP contribution in [0.5, 0.6) is 0 Å². The molecule has 0 heterocycles. The van der Waals surface area contributed by atoms with Crippen LogP contribution >= 0.6 is 22.6 Å². The van der Waals surface area contributed by atoms with E-state index in [4.69, 9.17) is 21.5 Å². The summed E-state index contributed by atoms with van der Waals surface area (Å²) in [6.07, 6.45) is 14.9. The minimum Gasteiger partial charge on any atom is -0.393 e. The number of primary amides is 1. The molecule has 0 unspecified atom stereocenters. The number of hydrogen-bond donors (Lipinski definition) is 3. The van der Waals surface area contributed by atoms with Crippen molar-refractivity contribution in [3.05, 3.63) is 63.2 Å². The molecule has 8 nitrogen and oxygen atoms in total. The highest BCUT2D eigenvalue weighted by Gasteiger charge is 2.36. The van der Waals surface area contributed by atoms with E-state index in [0.29, 0.717) is 77.9 Å². The van der Waals surface area contributed by atoms with E-state index in [1.54, 1.807) is 0 Å². The van der Waals surface area contributed by atoms with Crippen LogP contribution in [0.15, 0.2) is 48.5 Å². The summed E-state index contributed by atoms with van der Waals surface area (Å²) in [5.41, 5.74) is 8.31. The molecule has 4 aliphatic carbocycles. The second-order valence-corrected chi connectivity index (χ2v) is 24.0. The maximum absolute atomic E-state index is 12.7. The van der Waals surface area contributed by atoms with Crippen LogP contribution in [0.25, 0.3) is 0 Å². The van der Waals surface area contributed by atoms with Crippen LogP contribution in [0.3, 0.4) is 0 Å². The van der Waals surface area contributed by atoms with E-state index in [1.165, 1.54) is 48.5 Å². The van der Waals surface area contributed by atoms with Gasteiger partial charge in [-0.1, -0.05) is 133 Å². The Hall–Kier alpha value is -3.46. The van der Waals surface area contributed by atoms with Crippen LogP contribution in [0.1, 0.15) is 171 Å². The summed E-state index contributed by atoms with van der Waals surface area (Å²) >= 11 is 2.24. The molecule has 0 radical (unpaired) electrons. The number of nitrogens with two attached hydrogens (primary N) is 1. The van der Waals surface area contributed by atoms with Crippen LogP contribution in [0.2, 0.25) is 0 Å². The number of carbonyl (C=O) groups is 2. The van der Waals surface area contributed by atoms with Gasteiger partial charge in [0, 0.05) is 27.0 Å². The number of anilines is 1. The van der Waals surface area contributed by atoms with Crippen molar-refractivity contribution >= 4 is 40.1 Å². The van der Waals surface area contributed by atoms with E-state index in [0.717, 1.165) is 60.8 Å². The SMILES string of the molecule is CC(C)[C@@H]1CC[C@@H](C)C[C@@H]1C#N.CC(C)[C@@H]1CC[C@@H](C)C[C@@H]1C(=O)Nc1ccc(CC#N)cc1.CC(C)[C@@H]1CC[C@@H](C)C[C@@H]1C(N)=O.CC(C)[C@@H]1CC[C@@H](C)C[C@H]1O.N#CCc1ccc(I)cc1. The summed E-state index contributed by atoms with van der Waals surface area (Å²) < 4.78 is 1.21. The molecule has 68 heavy (non-hydrogen) atoms. The Balaban J connectivity index is 0.000000303. The summed E-state index contributed by atoms with van der Waals surface area (Å²) in [7, 11) is 0. The highest BCUT2D eigenvalue weighted by atomic mass is 127. The number of amides is 2. The van der Waals surface area contributed by atoms with Gasteiger partial charge in [0.1, 0.15) is 0 Å². The van der Waals surface area contributed by atoms with Crippen molar-refractivity contribution in [2.75, 3.05) is 5.32 Å². The normalized spacial score (nSPS) is 28.8. The lowest BCUT2D eigenvalue weighted by Gasteiger charge is -2.36. The molecule has 4 aliphatic rings. The minimum absolute atomic E-state index is 0.0289. The van der Waals surface area contributed by atoms with Gasteiger partial charge in [0.15, 0.2) is 0 Å². The quantitative estimate of drug-likeness (QED) is 0.212. The van der Waals surface area contributed by atoms with Crippen molar-refractivity contribution in [3.63, 3.8) is 0 Å². The number of carbonyl (C=O) groups excluding carboxylic acids is 2. The third-order valence-corrected chi connectivity index (χ3v) is 16.3. The van der Waals surface area contributed by atoms with E-state index in [-0.39, 0.29) is 29.8 Å². The van der Waals surface area contributed by atoms with E-state index >= 15 is 0 Å². The highest BCUT2D eigenvalue weighted by Crippen LogP contribution is 2.40. The van der Waals surface area contributed by atoms with Gasteiger partial charge >= 0.3 is 0 Å². The Morgan fingerprint density at radius 1 is 0.588 bits per heavy atom. The van der Waals surface area contributed by atoms with Gasteiger partial charge in [-0.2, -0.15) is 15.8 Å². The largest absolute Gasteiger partial charge is 0.393 e. The van der Waals surface area contributed by atoms with E-state index in [2.05, 4.69) is 129 Å². The van der Waals surface area contributed by atoms with Crippen molar-refractivity contribution in [1.82, 2.24) is 0 Å². The van der Waals surface area contributed by atoms with Gasteiger partial charge in [0.25, 0.3) is 0 Å². The monoisotopic (exact) mass is 1050 g/mol. The number of nitrogens with zero attached hydrogens (tertiary/aromatic N) is 3. The summed E-state index contributed by atoms with van der Waals surface area (Å²) in [4.78, 5) is 23.9. The molecule has 0 aromatic heterocycles. The molecule has 378 valence electrons. The van der Waals surface area contributed by atoms with Crippen LogP contribution < -0.4 is 11.1 Å². The first kappa shape index (κ1) is 60.7. The third kappa shape index (κ3) is 21.7. The minimum atomic E-state index is -0.0924. The molecule has 12 atom stereocenters. The van der Waals surface area contributed by atoms with Gasteiger partial charge in [-0.15, -0.1) is 0 Å². The fourth-order valence-corrected chi connectivity index (χ4v) is 11.6. The molecule has 4 N–H and O–H groups in total. The van der Waals surface area contributed by atoms with Crippen molar-refractivity contribution in [1.29, 1.82) is 15.8 Å². The summed E-state index contributed by atoms with van der Waals surface area (Å²) in [6.45, 7) is 26.7. The number of benzene rings is 2. The number of aliphatic hydroxyl groups excluding tert-OH is 1. The van der Waals surface area contributed by atoms with Crippen molar-refractivity contribution < 1.29 is 14.7 Å². The third-order valence-electron chi connectivity index (χ3n) is 15.6. The molecule has 2 amide bonds. The number of halogens is 1. The van der Waals surface area contributed by atoms with Crippen LogP contribution in [0, 0.1) is 126 Å². The van der Waals surface area contributed by atoms with Crippen LogP contribution in [-0.2, 0) is 22.4 Å². The Morgan fingerprint density at radius 2 is 0.971 bits per heavy atom. The standard InChI is InChI=1S/C19H26N2O.C11H21NO.C11H19N.C10H20O.C8H6IN/c1-13(2)17-9-4-14(3)12-18(17)19(22)21-16-7-5-15(6-8-16)10-11-20;1-7(2)9-5-4-8(3)6-10(9)11(12)13;1-8(2)11-5-4-9(3)6-10(11)7-12;1-7(2)9-5-4-8(3)6-10(9)11;9-8-3-1-7(2-4-8)5-6-10/h5-8,13-14,17-18H,4,9-10,12H2,1-3H3,(H,21,22);7-10H,4-6H2,1-3H3,(H2,12,13);8-11H,4-6H2,1-3H3;7-11H,4-6H2,1-3H3;1-4H,5H2/t14-,17+,18+;8-,9+,10+;9-,10-,11+;8-,9+,10-;/m1111./s1. The van der Waals surface area contributed by atoms with Crippen molar-refractivity contribution in [2.24, 2.45) is 94.5 Å². The van der Waals surface area contributed by atoms with Gasteiger partial charge in [0.05, 0.1) is 37.2 Å². The second kappa shape index (κ2) is 31.7. The van der Waals surface area contributed by atoms with Crippen LogP contribution in [-0.4, -0.2) is 23.0 Å². The molecule has 0 aliphatic heterocycles. The second-order valence-electron chi connectivity index (χ2n) is 22.7. The summed E-state index contributed by atoms with van der Waals surface area (Å²) in [5.74, 6) is 8.12. The Bertz CT molecular complexity index is 1880. The van der Waals surface area contributed by atoms with Crippen molar-refractivity contribution in [3.8, 4) is 18.2 Å². The average molecular weight is 1050 g/mol. The van der Waals surface area contributed by atoms with E-state index in [9.17, 15) is 14.7 Å². The first-order chi connectivity index (χ1) is 32.1. The van der Waals surface area contributed by atoms with Crippen molar-refractivity contribution in [2.45, 2.75) is 179 Å². The molecular weight excluding hydrogens is 954 g/mol. The van der Waals surface area contributed by atoms with Crippen LogP contribution in [0.4, 0.5) is 5.69 Å². The Labute approximate surface area is 428 Å². The van der Waals surface area contributed by atoms with E-state index < -0.39 is 0 Å². The number of nitrogens with one attached hydrogen (secondary N) is 1. The first-order valence-corrected chi connectivity index (χ1v) is 27.4. The molecule has 2 aromatic rings. The maximum Gasteiger partial charge on any atom is 0.227 e. The molecule has 4 fully saturated rings. The fourth-order valence-electron chi connectivity index (χ4n) is 11.3. The topological polar surface area (TPSA) is 164 Å². The van der Waals surface area contributed by atoms with Gasteiger partial charge in [-0.05, 0) is 180 Å². The fraction of sp³-hybridized carbons (Fsp3) is 0.712. The van der Waals surface area contributed by atoms with Gasteiger partial charge < -0.3 is 16.2 Å². The van der Waals surface area contributed by atoms with Gasteiger partial charge in [-0.3, -0.25) is 9.59 Å². The number of nitriles is 3. The van der Waals surface area contributed by atoms with Gasteiger partial charge in [-0.25, -0.2) is 0 Å². The van der Waals surface area contributed by atoms with E-state index in [1.807, 2.05) is 48.5 Å². The zero-order valence-corrected chi connectivity index (χ0v) is 46.5. The predicted molar refractivity (Wildman–Crippen MR) is 290 cm³/mol. The molecular formula is C59H92IN5O3. The average Bonchev–Trinajstić information content (AvgIpc) is 3.28. The molecule has 9 heteroatoms. The smallest absolute Gasteiger partial charge is 0.227 e. The zero-order valence-electron chi connectivity index (χ0n) is 44.3. The molecule has 4 saturated carbocycles. The molecule has 2 aromatic carbocycles. The number of rotatable bonds is 9. The molecule has 0 saturated heterocycles. The molecule has 0 bridgehead atoms. The number of hydrogen-bond acceptors (Lipinski definition) is 6. The Kier molecular flexibility index (Phi) is 28.3.